The Bertz CT molecular complexity index is 723. The van der Waals surface area contributed by atoms with Crippen molar-refractivity contribution in [2.75, 3.05) is 0 Å². The Kier molecular flexibility index (Phi) is 6.55. The van der Waals surface area contributed by atoms with Gasteiger partial charge in [-0.05, 0) is 19.1 Å². The second-order valence-electron chi connectivity index (χ2n) is 4.66. The number of aromatic hydroxyl groups is 1. The lowest BCUT2D eigenvalue weighted by Gasteiger charge is -2.06. The number of nitrogens with zero attached hydrogens (tertiary/aromatic N) is 2. The smallest absolute Gasteiger partial charge is 0.328 e. The fourth-order valence-corrected chi connectivity index (χ4v) is 1.93. The lowest BCUT2D eigenvalue weighted by molar-refractivity contribution is -0.134. The molecule has 0 amide bonds. The predicted molar refractivity (Wildman–Crippen MR) is 84.5 cm³/mol. The van der Waals surface area contributed by atoms with Crippen LogP contribution < -0.4 is 5.73 Å². The molecule has 8 nitrogen and oxygen atoms in total. The molecule has 5 N–H and O–H groups in total. The predicted octanol–water partition coefficient (Wildman–Crippen LogP) is 1.45. The Hall–Kier alpha value is -2.58. The largest absolute Gasteiger partial charge is 0.508 e. The zero-order valence-electron chi connectivity index (χ0n) is 12.2. The van der Waals surface area contributed by atoms with Gasteiger partial charge in [-0.1, -0.05) is 11.6 Å². The monoisotopic (exact) mass is 341 g/mol. The molecular formula is C14H16ClN3O5. The van der Waals surface area contributed by atoms with Gasteiger partial charge in [0, 0.05) is 29.6 Å². The summed E-state index contributed by atoms with van der Waals surface area (Å²) in [5.74, 6) is -2.32. The summed E-state index contributed by atoms with van der Waals surface area (Å²) in [6.07, 6.45) is 1.12. The maximum absolute atomic E-state index is 9.55. The van der Waals surface area contributed by atoms with Crippen LogP contribution in [0.2, 0.25) is 5.15 Å². The van der Waals surface area contributed by atoms with Crippen molar-refractivity contribution in [2.24, 2.45) is 5.73 Å². The molecule has 124 valence electrons. The van der Waals surface area contributed by atoms with E-state index in [1.165, 1.54) is 0 Å². The first kappa shape index (κ1) is 18.5. The molecule has 0 spiro atoms. The topological polar surface area (TPSA) is 139 Å². The lowest BCUT2D eigenvalue weighted by Crippen LogP contribution is -2.22. The van der Waals surface area contributed by atoms with Gasteiger partial charge in [-0.15, -0.1) is 0 Å². The van der Waals surface area contributed by atoms with Gasteiger partial charge in [0.15, 0.2) is 5.15 Å². The van der Waals surface area contributed by atoms with Gasteiger partial charge in [0.05, 0.1) is 12.1 Å². The van der Waals surface area contributed by atoms with Crippen LogP contribution >= 0.6 is 11.6 Å². The summed E-state index contributed by atoms with van der Waals surface area (Å²) in [5, 5.41) is 30.4. The first-order chi connectivity index (χ1) is 10.7. The van der Waals surface area contributed by atoms with Gasteiger partial charge < -0.3 is 21.1 Å². The van der Waals surface area contributed by atoms with Crippen molar-refractivity contribution < 1.29 is 24.9 Å². The number of carboxylic acids is 2. The maximum Gasteiger partial charge on any atom is 0.328 e. The molecule has 2 rings (SSSR count). The van der Waals surface area contributed by atoms with E-state index in [-0.39, 0.29) is 11.8 Å². The van der Waals surface area contributed by atoms with E-state index < -0.39 is 11.9 Å². The molecule has 0 radical (unpaired) electrons. The normalized spacial score (nSPS) is 12.0. The van der Waals surface area contributed by atoms with Crippen LogP contribution in [0.1, 0.15) is 6.92 Å². The summed E-state index contributed by atoms with van der Waals surface area (Å²) in [5.41, 5.74) is 6.50. The van der Waals surface area contributed by atoms with E-state index in [1.807, 2.05) is 6.92 Å². The summed E-state index contributed by atoms with van der Waals surface area (Å²) >= 11 is 5.96. The van der Waals surface area contributed by atoms with Crippen LogP contribution in [-0.2, 0) is 16.1 Å². The molecule has 0 fully saturated rings. The molecule has 9 heteroatoms. The third-order valence-electron chi connectivity index (χ3n) is 2.52. The molecule has 1 atom stereocenters. The number of phenolic OH excluding ortho intramolecular Hbond substituents is 1. The zero-order chi connectivity index (χ0) is 17.6. The molecule has 23 heavy (non-hydrogen) atoms. The van der Waals surface area contributed by atoms with Crippen LogP contribution in [0, 0.1) is 0 Å². The molecule has 0 bridgehead atoms. The zero-order valence-corrected chi connectivity index (χ0v) is 12.9. The Morgan fingerprint density at radius 2 is 1.91 bits per heavy atom. The van der Waals surface area contributed by atoms with Crippen LogP contribution in [0.5, 0.6) is 5.75 Å². The average Bonchev–Trinajstić information content (AvgIpc) is 2.72. The number of rotatable bonds is 4. The van der Waals surface area contributed by atoms with Gasteiger partial charge in [0.2, 0.25) is 0 Å². The van der Waals surface area contributed by atoms with Gasteiger partial charge in [-0.25, -0.2) is 9.59 Å². The quantitative estimate of drug-likeness (QED) is 0.617. The van der Waals surface area contributed by atoms with Crippen molar-refractivity contribution >= 4 is 34.4 Å². The molecule has 1 aromatic carbocycles. The second-order valence-corrected chi connectivity index (χ2v) is 5.02. The number of carbonyl (C=O) groups is 2. The minimum Gasteiger partial charge on any atom is -0.508 e. The van der Waals surface area contributed by atoms with Crippen molar-refractivity contribution in [3.8, 4) is 5.75 Å². The van der Waals surface area contributed by atoms with Gasteiger partial charge >= 0.3 is 11.9 Å². The number of hydrogen-bond acceptors (Lipinski definition) is 5. The summed E-state index contributed by atoms with van der Waals surface area (Å²) < 4.78 is 1.71. The van der Waals surface area contributed by atoms with Crippen LogP contribution in [0.15, 0.2) is 30.4 Å². The van der Waals surface area contributed by atoms with Crippen LogP contribution in [-0.4, -0.2) is 43.1 Å². The van der Waals surface area contributed by atoms with Gasteiger partial charge in [-0.2, -0.15) is 5.10 Å². The highest BCUT2D eigenvalue weighted by Crippen LogP contribution is 2.26. The van der Waals surface area contributed by atoms with Crippen LogP contribution in [0.25, 0.3) is 10.9 Å². The first-order valence-corrected chi connectivity index (χ1v) is 6.83. The molecule has 1 heterocycles. The van der Waals surface area contributed by atoms with Gasteiger partial charge in [-0.3, -0.25) is 4.68 Å². The Morgan fingerprint density at radius 1 is 1.35 bits per heavy atom. The molecule has 0 aliphatic heterocycles. The second kappa shape index (κ2) is 8.16. The summed E-state index contributed by atoms with van der Waals surface area (Å²) in [4.78, 5) is 19.1. The highest BCUT2D eigenvalue weighted by molar-refractivity contribution is 6.34. The number of carboxylic acid groups (broad SMARTS) is 2. The number of benzene rings is 1. The number of aromatic nitrogens is 2. The number of fused-ring (bicyclic) bond motifs is 1. The Morgan fingerprint density at radius 3 is 2.39 bits per heavy atom. The van der Waals surface area contributed by atoms with E-state index in [2.05, 4.69) is 5.10 Å². The third kappa shape index (κ3) is 5.97. The standard InChI is InChI=1S/C10H12ClN3O.C4H4O4/c1-6(12)5-14-9-4-7(15)2-3-8(9)10(11)13-14;5-3(6)1-2-4(7)8/h2-4,6,15H,5,12H2,1H3;1-2H,(H,5,6)(H,7,8). The van der Waals surface area contributed by atoms with E-state index >= 15 is 0 Å². The van der Waals surface area contributed by atoms with Crippen molar-refractivity contribution in [3.63, 3.8) is 0 Å². The molecular weight excluding hydrogens is 326 g/mol. The third-order valence-corrected chi connectivity index (χ3v) is 2.80. The van der Waals surface area contributed by atoms with Gasteiger partial charge in [0.1, 0.15) is 5.75 Å². The van der Waals surface area contributed by atoms with Crippen molar-refractivity contribution in [1.82, 2.24) is 9.78 Å². The van der Waals surface area contributed by atoms with E-state index in [1.54, 1.807) is 22.9 Å². The lowest BCUT2D eigenvalue weighted by atomic mass is 10.2. The van der Waals surface area contributed by atoms with Crippen molar-refractivity contribution in [2.45, 2.75) is 19.5 Å². The number of halogens is 1. The maximum atomic E-state index is 9.55. The highest BCUT2D eigenvalue weighted by atomic mass is 35.5. The highest BCUT2D eigenvalue weighted by Gasteiger charge is 2.10. The van der Waals surface area contributed by atoms with E-state index in [9.17, 15) is 14.7 Å². The average molecular weight is 342 g/mol. The minimum atomic E-state index is -1.26. The van der Waals surface area contributed by atoms with E-state index in [0.717, 1.165) is 10.9 Å². The van der Waals surface area contributed by atoms with Crippen LogP contribution in [0.4, 0.5) is 0 Å². The first-order valence-electron chi connectivity index (χ1n) is 6.45. The number of phenols is 1. The SMILES string of the molecule is CC(N)Cn1nc(Cl)c2ccc(O)cc21.O=C(O)C=CC(=O)O. The van der Waals surface area contributed by atoms with Crippen molar-refractivity contribution in [1.29, 1.82) is 0 Å². The van der Waals surface area contributed by atoms with Crippen LogP contribution in [0.3, 0.4) is 0 Å². The number of hydrogen-bond donors (Lipinski definition) is 4. The molecule has 0 saturated carbocycles. The summed E-state index contributed by atoms with van der Waals surface area (Å²) in [7, 11) is 0. The molecule has 1 aromatic heterocycles. The summed E-state index contributed by atoms with van der Waals surface area (Å²) in [6, 6.07) is 4.96. The molecule has 0 saturated heterocycles. The van der Waals surface area contributed by atoms with E-state index in [4.69, 9.17) is 27.5 Å². The van der Waals surface area contributed by atoms with Crippen molar-refractivity contribution in [3.05, 3.63) is 35.5 Å². The van der Waals surface area contributed by atoms with E-state index in [0.29, 0.717) is 23.8 Å². The summed E-state index contributed by atoms with van der Waals surface area (Å²) in [6.45, 7) is 2.47. The number of nitrogens with two attached hydrogens (primary N) is 1. The fourth-order valence-electron chi connectivity index (χ4n) is 1.68. The number of aliphatic carboxylic acids is 2. The molecule has 0 aliphatic carbocycles. The Labute approximate surface area is 136 Å². The Balaban J connectivity index is 0.000000284. The minimum absolute atomic E-state index is 0.00786. The molecule has 1 unspecified atom stereocenters. The van der Waals surface area contributed by atoms with Gasteiger partial charge in [0.25, 0.3) is 0 Å². The molecule has 2 aromatic rings. The fraction of sp³-hybridized carbons (Fsp3) is 0.214. The molecule has 0 aliphatic rings.